The van der Waals surface area contributed by atoms with Crippen molar-refractivity contribution in [2.75, 3.05) is 25.0 Å². The maximum atomic E-state index is 12.3. The number of likely N-dealkylation sites (N-methyl/N-ethyl adjacent to an activating group) is 1. The molecule has 1 saturated heterocycles. The van der Waals surface area contributed by atoms with E-state index in [1.165, 1.54) is 0 Å². The van der Waals surface area contributed by atoms with E-state index in [9.17, 15) is 9.59 Å². The van der Waals surface area contributed by atoms with Gasteiger partial charge >= 0.3 is 0 Å². The Balaban J connectivity index is 1.66. The van der Waals surface area contributed by atoms with Gasteiger partial charge in [-0.15, -0.1) is 0 Å². The average molecular weight is 287 g/mol. The highest BCUT2D eigenvalue weighted by Crippen LogP contribution is 2.24. The van der Waals surface area contributed by atoms with Crippen LogP contribution in [0.5, 0.6) is 0 Å². The first-order valence-corrected chi connectivity index (χ1v) is 7.61. The molecule has 1 aromatic rings. The highest BCUT2D eigenvalue weighted by atomic mass is 16.2. The van der Waals surface area contributed by atoms with Gasteiger partial charge in [0.05, 0.1) is 6.42 Å². The smallest absolute Gasteiger partial charge is 0.251 e. The molecule has 0 aromatic heterocycles. The van der Waals surface area contributed by atoms with Gasteiger partial charge in [-0.1, -0.05) is 13.0 Å². The molecule has 2 aliphatic heterocycles. The summed E-state index contributed by atoms with van der Waals surface area (Å²) in [6.45, 7) is 5.21. The Labute approximate surface area is 124 Å². The summed E-state index contributed by atoms with van der Waals surface area (Å²) in [4.78, 5) is 26.1. The first-order chi connectivity index (χ1) is 10.2. The van der Waals surface area contributed by atoms with E-state index in [0.29, 0.717) is 12.0 Å². The Hall–Kier alpha value is -1.88. The third-order valence-electron chi connectivity index (χ3n) is 4.29. The van der Waals surface area contributed by atoms with Crippen molar-refractivity contribution in [2.24, 2.45) is 0 Å². The summed E-state index contributed by atoms with van der Waals surface area (Å²) in [5.74, 6) is -0.0599. The number of likely N-dealkylation sites (tertiary alicyclic amines) is 1. The number of benzene rings is 1. The van der Waals surface area contributed by atoms with Crippen LogP contribution in [0.2, 0.25) is 0 Å². The fourth-order valence-electron chi connectivity index (χ4n) is 3.08. The minimum absolute atomic E-state index is 0.00609. The van der Waals surface area contributed by atoms with Crippen molar-refractivity contribution in [3.8, 4) is 0 Å². The lowest BCUT2D eigenvalue weighted by Crippen LogP contribution is -2.47. The second-order valence-corrected chi connectivity index (χ2v) is 5.80. The molecule has 2 amide bonds. The molecule has 1 fully saturated rings. The van der Waals surface area contributed by atoms with Gasteiger partial charge in [0, 0.05) is 23.8 Å². The summed E-state index contributed by atoms with van der Waals surface area (Å²) >= 11 is 0. The lowest BCUT2D eigenvalue weighted by atomic mass is 10.0. The fraction of sp³-hybridized carbons (Fsp3) is 0.500. The number of carbonyl (C=O) groups is 2. The second kappa shape index (κ2) is 5.85. The van der Waals surface area contributed by atoms with Gasteiger partial charge in [0.15, 0.2) is 0 Å². The van der Waals surface area contributed by atoms with Crippen LogP contribution < -0.4 is 10.6 Å². The third kappa shape index (κ3) is 3.08. The quantitative estimate of drug-likeness (QED) is 0.883. The van der Waals surface area contributed by atoms with Crippen molar-refractivity contribution in [1.29, 1.82) is 0 Å². The van der Waals surface area contributed by atoms with Gasteiger partial charge in [0.2, 0.25) is 5.91 Å². The Morgan fingerprint density at radius 3 is 3.14 bits per heavy atom. The van der Waals surface area contributed by atoms with Crippen LogP contribution in [-0.4, -0.2) is 42.4 Å². The first-order valence-electron chi connectivity index (χ1n) is 7.61. The monoisotopic (exact) mass is 287 g/mol. The number of rotatable bonds is 3. The van der Waals surface area contributed by atoms with Crippen molar-refractivity contribution >= 4 is 17.5 Å². The number of carbonyl (C=O) groups excluding carboxylic acids is 2. The number of anilines is 1. The Morgan fingerprint density at radius 2 is 2.33 bits per heavy atom. The lowest BCUT2D eigenvalue weighted by Gasteiger charge is -2.32. The summed E-state index contributed by atoms with van der Waals surface area (Å²) in [7, 11) is 0. The van der Waals surface area contributed by atoms with Crippen LogP contribution in [0.4, 0.5) is 5.69 Å². The molecule has 2 aliphatic rings. The zero-order chi connectivity index (χ0) is 14.8. The van der Waals surface area contributed by atoms with E-state index in [0.717, 1.165) is 43.7 Å². The zero-order valence-corrected chi connectivity index (χ0v) is 12.3. The number of nitrogens with zero attached hydrogens (tertiary/aromatic N) is 1. The summed E-state index contributed by atoms with van der Waals surface area (Å²) in [5.41, 5.74) is 2.35. The second-order valence-electron chi connectivity index (χ2n) is 5.80. The van der Waals surface area contributed by atoms with Crippen LogP contribution in [0.3, 0.4) is 0 Å². The van der Waals surface area contributed by atoms with Gasteiger partial charge in [-0.05, 0) is 43.6 Å². The number of hydrogen-bond acceptors (Lipinski definition) is 3. The summed E-state index contributed by atoms with van der Waals surface area (Å²) in [6.07, 6.45) is 2.56. The highest BCUT2D eigenvalue weighted by molar-refractivity contribution is 6.02. The van der Waals surface area contributed by atoms with Crippen molar-refractivity contribution in [3.05, 3.63) is 29.3 Å². The van der Waals surface area contributed by atoms with Crippen molar-refractivity contribution in [3.63, 3.8) is 0 Å². The number of fused-ring (bicyclic) bond motifs is 1. The van der Waals surface area contributed by atoms with Crippen molar-refractivity contribution < 1.29 is 9.59 Å². The Bertz CT molecular complexity index is 571. The molecular weight excluding hydrogens is 266 g/mol. The molecule has 0 saturated carbocycles. The molecule has 5 nitrogen and oxygen atoms in total. The molecule has 0 aliphatic carbocycles. The molecule has 21 heavy (non-hydrogen) atoms. The molecule has 112 valence electrons. The van der Waals surface area contributed by atoms with Crippen LogP contribution in [0.15, 0.2) is 18.2 Å². The SMILES string of the molecule is CCN1CCCC(NC(=O)c2ccc3c(c2)NC(=O)C3)C1. The van der Waals surface area contributed by atoms with Crippen molar-refractivity contribution in [1.82, 2.24) is 10.2 Å². The lowest BCUT2D eigenvalue weighted by molar-refractivity contribution is -0.115. The molecular formula is C16H21N3O2. The van der Waals surface area contributed by atoms with E-state index in [1.54, 1.807) is 12.1 Å². The number of piperidine rings is 1. The molecule has 1 unspecified atom stereocenters. The molecule has 2 heterocycles. The Kier molecular flexibility index (Phi) is 3.92. The minimum atomic E-state index is -0.0538. The predicted molar refractivity (Wildman–Crippen MR) is 81.4 cm³/mol. The Morgan fingerprint density at radius 1 is 1.48 bits per heavy atom. The standard InChI is InChI=1S/C16H21N3O2/c1-2-19-7-3-4-13(10-19)17-16(21)12-6-5-11-9-15(20)18-14(11)8-12/h5-6,8,13H,2-4,7,9-10H2,1H3,(H,17,21)(H,18,20). The van der Waals surface area contributed by atoms with Crippen molar-refractivity contribution in [2.45, 2.75) is 32.2 Å². The number of nitrogens with one attached hydrogen (secondary N) is 2. The number of amides is 2. The number of hydrogen-bond donors (Lipinski definition) is 2. The van der Waals surface area contributed by atoms with Crippen LogP contribution in [0.1, 0.15) is 35.7 Å². The van der Waals surface area contributed by atoms with Crippen LogP contribution in [0, 0.1) is 0 Å². The summed E-state index contributed by atoms with van der Waals surface area (Å²) < 4.78 is 0. The normalized spacial score (nSPS) is 21.8. The molecule has 1 atom stereocenters. The van der Waals surface area contributed by atoms with Gasteiger partial charge in [-0.2, -0.15) is 0 Å². The van der Waals surface area contributed by atoms with E-state index in [4.69, 9.17) is 0 Å². The molecule has 3 rings (SSSR count). The molecule has 0 radical (unpaired) electrons. The largest absolute Gasteiger partial charge is 0.348 e. The molecule has 0 spiro atoms. The van der Waals surface area contributed by atoms with E-state index in [1.807, 2.05) is 6.07 Å². The highest BCUT2D eigenvalue weighted by Gasteiger charge is 2.22. The maximum Gasteiger partial charge on any atom is 0.251 e. The van der Waals surface area contributed by atoms with Gasteiger partial charge in [0.1, 0.15) is 0 Å². The third-order valence-corrected chi connectivity index (χ3v) is 4.29. The zero-order valence-electron chi connectivity index (χ0n) is 12.3. The molecule has 5 heteroatoms. The maximum absolute atomic E-state index is 12.3. The van der Waals surface area contributed by atoms with Gasteiger partial charge in [-0.3, -0.25) is 9.59 Å². The van der Waals surface area contributed by atoms with E-state index >= 15 is 0 Å². The molecule has 1 aromatic carbocycles. The summed E-state index contributed by atoms with van der Waals surface area (Å²) in [6, 6.07) is 5.65. The van der Waals surface area contributed by atoms with Gasteiger partial charge < -0.3 is 15.5 Å². The van der Waals surface area contributed by atoms with Crippen LogP contribution in [-0.2, 0) is 11.2 Å². The topological polar surface area (TPSA) is 61.4 Å². The van der Waals surface area contributed by atoms with E-state index in [-0.39, 0.29) is 17.9 Å². The first kappa shape index (κ1) is 14.1. The van der Waals surface area contributed by atoms with Crippen LogP contribution >= 0.6 is 0 Å². The van der Waals surface area contributed by atoms with Gasteiger partial charge in [0.25, 0.3) is 5.91 Å². The minimum Gasteiger partial charge on any atom is -0.348 e. The van der Waals surface area contributed by atoms with E-state index in [2.05, 4.69) is 22.5 Å². The molecule has 0 bridgehead atoms. The van der Waals surface area contributed by atoms with E-state index < -0.39 is 0 Å². The summed E-state index contributed by atoms with van der Waals surface area (Å²) in [5, 5.41) is 5.89. The molecule has 2 N–H and O–H groups in total. The predicted octanol–water partition coefficient (Wildman–Crippen LogP) is 1.40. The average Bonchev–Trinajstić information content (AvgIpc) is 2.86. The fourth-order valence-corrected chi connectivity index (χ4v) is 3.08. The van der Waals surface area contributed by atoms with Crippen LogP contribution in [0.25, 0.3) is 0 Å². The van der Waals surface area contributed by atoms with Gasteiger partial charge in [-0.25, -0.2) is 0 Å².